The molecule has 1 amide bonds. The van der Waals surface area contributed by atoms with E-state index >= 15 is 0 Å². The van der Waals surface area contributed by atoms with Gasteiger partial charge in [-0.25, -0.2) is 4.98 Å². The number of rotatable bonds is 4. The Morgan fingerprint density at radius 3 is 2.71 bits per heavy atom. The maximum Gasteiger partial charge on any atom is 0.222 e. The minimum atomic E-state index is -0.533. The molecule has 1 heterocycles. The van der Waals surface area contributed by atoms with Gasteiger partial charge in [-0.05, 0) is 32.9 Å². The first-order valence-electron chi connectivity index (χ1n) is 5.54. The van der Waals surface area contributed by atoms with Crippen molar-refractivity contribution in [1.82, 2.24) is 10.3 Å². The van der Waals surface area contributed by atoms with Crippen LogP contribution in [0, 0.1) is 5.95 Å². The number of hydrogen-bond donors (Lipinski definition) is 2. The summed E-state index contributed by atoms with van der Waals surface area (Å²) in [6, 6.07) is 4.50. The highest BCUT2D eigenvalue weighted by atomic mass is 19.1. The van der Waals surface area contributed by atoms with Crippen molar-refractivity contribution in [3.63, 3.8) is 0 Å². The fourth-order valence-corrected chi connectivity index (χ4v) is 1.29. The minimum Gasteiger partial charge on any atom is -0.369 e. The van der Waals surface area contributed by atoms with E-state index in [-0.39, 0.29) is 11.4 Å². The van der Waals surface area contributed by atoms with Gasteiger partial charge in [-0.15, -0.1) is 0 Å². The summed E-state index contributed by atoms with van der Waals surface area (Å²) in [4.78, 5) is 15.1. The second-order valence-corrected chi connectivity index (χ2v) is 4.82. The summed E-state index contributed by atoms with van der Waals surface area (Å²) in [6.45, 7) is 6.20. The van der Waals surface area contributed by atoms with E-state index in [0.29, 0.717) is 18.8 Å². The molecule has 0 bridgehead atoms. The monoisotopic (exact) mass is 239 g/mol. The molecule has 1 aromatic heterocycles. The van der Waals surface area contributed by atoms with E-state index in [0.717, 1.165) is 0 Å². The number of pyridine rings is 1. The highest BCUT2D eigenvalue weighted by molar-refractivity contribution is 5.77. The number of amides is 1. The zero-order valence-electron chi connectivity index (χ0n) is 10.4. The zero-order chi connectivity index (χ0) is 12.9. The first kappa shape index (κ1) is 13.4. The number of nitrogens with one attached hydrogen (secondary N) is 2. The summed E-state index contributed by atoms with van der Waals surface area (Å²) in [6.07, 6.45) is 0.329. The van der Waals surface area contributed by atoms with E-state index in [2.05, 4.69) is 15.6 Å². The van der Waals surface area contributed by atoms with Crippen LogP contribution >= 0.6 is 0 Å². The third kappa shape index (κ3) is 5.85. The van der Waals surface area contributed by atoms with Gasteiger partial charge < -0.3 is 10.6 Å². The van der Waals surface area contributed by atoms with Crippen molar-refractivity contribution in [2.45, 2.75) is 32.7 Å². The first-order valence-corrected chi connectivity index (χ1v) is 5.54. The average Bonchev–Trinajstić information content (AvgIpc) is 2.14. The van der Waals surface area contributed by atoms with Crippen LogP contribution in [0.15, 0.2) is 18.2 Å². The maximum atomic E-state index is 12.7. The largest absolute Gasteiger partial charge is 0.369 e. The van der Waals surface area contributed by atoms with Gasteiger partial charge in [-0.2, -0.15) is 4.39 Å². The molecule has 0 aliphatic carbocycles. The van der Waals surface area contributed by atoms with E-state index in [9.17, 15) is 9.18 Å². The third-order valence-electron chi connectivity index (χ3n) is 1.89. The Morgan fingerprint density at radius 1 is 1.41 bits per heavy atom. The Balaban J connectivity index is 2.31. The van der Waals surface area contributed by atoms with Gasteiger partial charge in [-0.1, -0.05) is 6.07 Å². The Bertz CT molecular complexity index is 388. The molecule has 0 aliphatic heterocycles. The van der Waals surface area contributed by atoms with Gasteiger partial charge in [-0.3, -0.25) is 4.79 Å². The highest BCUT2D eigenvalue weighted by Crippen LogP contribution is 2.04. The Kier molecular flexibility index (Phi) is 4.43. The highest BCUT2D eigenvalue weighted by Gasteiger charge is 2.12. The molecule has 1 aromatic rings. The smallest absolute Gasteiger partial charge is 0.222 e. The molecule has 94 valence electrons. The third-order valence-corrected chi connectivity index (χ3v) is 1.89. The van der Waals surface area contributed by atoms with Crippen LogP contribution in [-0.2, 0) is 4.79 Å². The summed E-state index contributed by atoms with van der Waals surface area (Å²) in [5.74, 6) is -0.135. The second-order valence-electron chi connectivity index (χ2n) is 4.82. The average molecular weight is 239 g/mol. The molecule has 0 radical (unpaired) electrons. The molecule has 5 heteroatoms. The second kappa shape index (κ2) is 5.61. The van der Waals surface area contributed by atoms with Crippen LogP contribution in [-0.4, -0.2) is 23.0 Å². The van der Waals surface area contributed by atoms with Crippen LogP contribution in [0.2, 0.25) is 0 Å². The molecule has 0 aromatic carbocycles. The predicted molar refractivity (Wildman–Crippen MR) is 65.2 cm³/mol. The first-order chi connectivity index (χ1) is 7.87. The summed E-state index contributed by atoms with van der Waals surface area (Å²) in [7, 11) is 0. The van der Waals surface area contributed by atoms with Crippen LogP contribution in [0.3, 0.4) is 0 Å². The van der Waals surface area contributed by atoms with Crippen molar-refractivity contribution in [2.24, 2.45) is 0 Å². The van der Waals surface area contributed by atoms with Crippen LogP contribution in [0.1, 0.15) is 27.2 Å². The van der Waals surface area contributed by atoms with Gasteiger partial charge in [0, 0.05) is 18.5 Å². The summed E-state index contributed by atoms with van der Waals surface area (Å²) in [5.41, 5.74) is -0.228. The van der Waals surface area contributed by atoms with Crippen LogP contribution in [0.4, 0.5) is 10.2 Å². The molecule has 0 atom stereocenters. The van der Waals surface area contributed by atoms with Gasteiger partial charge in [0.15, 0.2) is 0 Å². The van der Waals surface area contributed by atoms with Crippen molar-refractivity contribution in [3.8, 4) is 0 Å². The lowest BCUT2D eigenvalue weighted by molar-refractivity contribution is -0.122. The number of aromatic nitrogens is 1. The number of halogens is 1. The van der Waals surface area contributed by atoms with E-state index in [1.165, 1.54) is 6.07 Å². The fourth-order valence-electron chi connectivity index (χ4n) is 1.29. The van der Waals surface area contributed by atoms with Crippen LogP contribution in [0.5, 0.6) is 0 Å². The fraction of sp³-hybridized carbons (Fsp3) is 0.500. The molecule has 4 nitrogen and oxygen atoms in total. The topological polar surface area (TPSA) is 54.0 Å². The molecule has 0 saturated carbocycles. The van der Waals surface area contributed by atoms with Crippen molar-refractivity contribution < 1.29 is 9.18 Å². The Labute approximate surface area is 101 Å². The van der Waals surface area contributed by atoms with Gasteiger partial charge >= 0.3 is 0 Å². The molecule has 17 heavy (non-hydrogen) atoms. The number of nitrogens with zero attached hydrogens (tertiary/aromatic N) is 1. The molecule has 0 unspecified atom stereocenters. The molecule has 1 rings (SSSR count). The van der Waals surface area contributed by atoms with Crippen LogP contribution in [0.25, 0.3) is 0 Å². The molecule has 2 N–H and O–H groups in total. The van der Waals surface area contributed by atoms with E-state index in [1.807, 2.05) is 20.8 Å². The van der Waals surface area contributed by atoms with E-state index < -0.39 is 5.95 Å². The van der Waals surface area contributed by atoms with Gasteiger partial charge in [0.05, 0.1) is 0 Å². The van der Waals surface area contributed by atoms with Crippen LogP contribution < -0.4 is 10.6 Å². The molecular weight excluding hydrogens is 221 g/mol. The van der Waals surface area contributed by atoms with E-state index in [1.54, 1.807) is 12.1 Å². The quantitative estimate of drug-likeness (QED) is 0.789. The Morgan fingerprint density at radius 2 is 2.12 bits per heavy atom. The molecule has 0 fully saturated rings. The van der Waals surface area contributed by atoms with Gasteiger partial charge in [0.2, 0.25) is 11.9 Å². The van der Waals surface area contributed by atoms with Gasteiger partial charge in [0.1, 0.15) is 5.82 Å². The summed E-state index contributed by atoms with van der Waals surface area (Å²) < 4.78 is 12.7. The molecule has 0 saturated heterocycles. The number of carbonyl (C=O) groups excluding carboxylic acids is 1. The number of carbonyl (C=O) groups is 1. The minimum absolute atomic E-state index is 0.0404. The normalized spacial score (nSPS) is 11.1. The number of anilines is 1. The van der Waals surface area contributed by atoms with Crippen molar-refractivity contribution in [3.05, 3.63) is 24.1 Å². The standard InChI is InChI=1S/C12H18FN3O/c1-12(2,3)16-11(17)7-8-14-10-6-4-5-9(13)15-10/h4-6H,7-8H2,1-3H3,(H,14,15)(H,16,17). The number of hydrogen-bond acceptors (Lipinski definition) is 3. The molecule has 0 spiro atoms. The predicted octanol–water partition coefficient (Wildman–Crippen LogP) is 1.94. The summed E-state index contributed by atoms with van der Waals surface area (Å²) in [5, 5.41) is 5.73. The maximum absolute atomic E-state index is 12.7. The van der Waals surface area contributed by atoms with Crippen molar-refractivity contribution >= 4 is 11.7 Å². The molecule has 0 aliphatic rings. The SMILES string of the molecule is CC(C)(C)NC(=O)CCNc1cccc(F)n1. The van der Waals surface area contributed by atoms with E-state index in [4.69, 9.17) is 0 Å². The summed E-state index contributed by atoms with van der Waals surface area (Å²) >= 11 is 0. The molecular formula is C12H18FN3O. The lowest BCUT2D eigenvalue weighted by atomic mass is 10.1. The van der Waals surface area contributed by atoms with Crippen molar-refractivity contribution in [1.29, 1.82) is 0 Å². The zero-order valence-corrected chi connectivity index (χ0v) is 10.4. The van der Waals surface area contributed by atoms with Gasteiger partial charge in [0.25, 0.3) is 0 Å². The Hall–Kier alpha value is -1.65. The lowest BCUT2D eigenvalue weighted by Crippen LogP contribution is -2.41. The van der Waals surface area contributed by atoms with Crippen molar-refractivity contribution in [2.75, 3.05) is 11.9 Å². The lowest BCUT2D eigenvalue weighted by Gasteiger charge is -2.20.